The lowest BCUT2D eigenvalue weighted by Gasteiger charge is -2.04. The summed E-state index contributed by atoms with van der Waals surface area (Å²) in [6.07, 6.45) is 2.66. The molecule has 1 heterocycles. The van der Waals surface area contributed by atoms with Crippen molar-refractivity contribution in [2.75, 3.05) is 13.7 Å². The Morgan fingerprint density at radius 2 is 2.33 bits per heavy atom. The normalized spacial score (nSPS) is 9.50. The molecule has 0 fully saturated rings. The molecular formula is C9H13NO2. The van der Waals surface area contributed by atoms with Crippen molar-refractivity contribution in [3.63, 3.8) is 0 Å². The van der Waals surface area contributed by atoms with E-state index in [-0.39, 0.29) is 0 Å². The van der Waals surface area contributed by atoms with Crippen LogP contribution in [0.25, 0.3) is 0 Å². The van der Waals surface area contributed by atoms with Gasteiger partial charge in [-0.05, 0) is 12.5 Å². The monoisotopic (exact) mass is 167 g/mol. The Morgan fingerprint density at radius 1 is 1.50 bits per heavy atom. The van der Waals surface area contributed by atoms with Crippen LogP contribution in [0.5, 0.6) is 11.6 Å². The Kier molecular flexibility index (Phi) is 3.38. The van der Waals surface area contributed by atoms with E-state index >= 15 is 0 Å². The zero-order valence-electron chi connectivity index (χ0n) is 7.41. The van der Waals surface area contributed by atoms with Crippen molar-refractivity contribution in [1.82, 2.24) is 4.98 Å². The van der Waals surface area contributed by atoms with Gasteiger partial charge in [-0.3, -0.25) is 0 Å². The summed E-state index contributed by atoms with van der Waals surface area (Å²) in [5.74, 6) is 1.40. The van der Waals surface area contributed by atoms with E-state index in [0.29, 0.717) is 12.5 Å². The fourth-order valence-electron chi connectivity index (χ4n) is 0.804. The lowest BCUT2D eigenvalue weighted by Crippen LogP contribution is -1.97. The van der Waals surface area contributed by atoms with Crippen LogP contribution in [0.4, 0.5) is 0 Å². The summed E-state index contributed by atoms with van der Waals surface area (Å²) in [4.78, 5) is 4.02. The molecule has 3 nitrogen and oxygen atoms in total. The third kappa shape index (κ3) is 2.42. The lowest BCUT2D eigenvalue weighted by molar-refractivity contribution is 0.302. The van der Waals surface area contributed by atoms with Crippen LogP contribution in [0.3, 0.4) is 0 Å². The summed E-state index contributed by atoms with van der Waals surface area (Å²) in [6.45, 7) is 2.75. The molecule has 1 aromatic heterocycles. The first-order chi connectivity index (χ1) is 5.86. The first-order valence-corrected chi connectivity index (χ1v) is 3.99. The van der Waals surface area contributed by atoms with Gasteiger partial charge >= 0.3 is 0 Å². The average Bonchev–Trinajstić information content (AvgIpc) is 2.15. The molecule has 0 aliphatic carbocycles. The van der Waals surface area contributed by atoms with E-state index in [4.69, 9.17) is 9.47 Å². The fourth-order valence-corrected chi connectivity index (χ4v) is 0.804. The molecule has 0 aromatic carbocycles. The minimum atomic E-state index is 0.621. The molecule has 0 spiro atoms. The summed E-state index contributed by atoms with van der Waals surface area (Å²) >= 11 is 0. The highest BCUT2D eigenvalue weighted by atomic mass is 16.5. The maximum atomic E-state index is 5.31. The number of nitrogens with zero attached hydrogens (tertiary/aromatic N) is 1. The molecule has 3 heteroatoms. The maximum Gasteiger partial charge on any atom is 0.216 e. The van der Waals surface area contributed by atoms with Gasteiger partial charge in [-0.1, -0.05) is 6.92 Å². The minimum Gasteiger partial charge on any atom is -0.497 e. The van der Waals surface area contributed by atoms with E-state index in [9.17, 15) is 0 Å². The van der Waals surface area contributed by atoms with Crippen LogP contribution < -0.4 is 9.47 Å². The Balaban J connectivity index is 2.60. The lowest BCUT2D eigenvalue weighted by atomic mass is 10.4. The standard InChI is InChI=1S/C9H13NO2/c1-3-6-12-9-7-8(11-2)4-5-10-9/h4-5,7H,3,6H2,1-2H3. The molecule has 0 saturated carbocycles. The molecule has 0 saturated heterocycles. The van der Waals surface area contributed by atoms with Crippen LogP contribution in [0, 0.1) is 0 Å². The number of hydrogen-bond acceptors (Lipinski definition) is 3. The molecule has 66 valence electrons. The third-order valence-corrected chi connectivity index (χ3v) is 1.40. The van der Waals surface area contributed by atoms with Gasteiger partial charge in [-0.15, -0.1) is 0 Å². The number of rotatable bonds is 4. The second kappa shape index (κ2) is 4.59. The average molecular weight is 167 g/mol. The molecule has 0 unspecified atom stereocenters. The zero-order chi connectivity index (χ0) is 8.81. The quantitative estimate of drug-likeness (QED) is 0.686. The van der Waals surface area contributed by atoms with Gasteiger partial charge in [0.25, 0.3) is 0 Å². The molecule has 1 rings (SSSR count). The Bertz CT molecular complexity index is 238. The van der Waals surface area contributed by atoms with Crippen molar-refractivity contribution >= 4 is 0 Å². The van der Waals surface area contributed by atoms with Gasteiger partial charge < -0.3 is 9.47 Å². The third-order valence-electron chi connectivity index (χ3n) is 1.40. The van der Waals surface area contributed by atoms with E-state index in [1.807, 2.05) is 0 Å². The van der Waals surface area contributed by atoms with Gasteiger partial charge in [-0.25, -0.2) is 4.98 Å². The zero-order valence-corrected chi connectivity index (χ0v) is 7.41. The van der Waals surface area contributed by atoms with Crippen molar-refractivity contribution < 1.29 is 9.47 Å². The molecule has 0 atom stereocenters. The molecule has 12 heavy (non-hydrogen) atoms. The summed E-state index contributed by atoms with van der Waals surface area (Å²) < 4.78 is 10.3. The number of pyridine rings is 1. The molecular weight excluding hydrogens is 154 g/mol. The van der Waals surface area contributed by atoms with Gasteiger partial charge in [-0.2, -0.15) is 0 Å². The van der Waals surface area contributed by atoms with Gasteiger partial charge in [0.15, 0.2) is 0 Å². The van der Waals surface area contributed by atoms with Crippen LogP contribution in [-0.2, 0) is 0 Å². The summed E-state index contributed by atoms with van der Waals surface area (Å²) in [5.41, 5.74) is 0. The van der Waals surface area contributed by atoms with Gasteiger partial charge in [0.1, 0.15) is 5.75 Å². The van der Waals surface area contributed by atoms with Crippen LogP contribution in [0.2, 0.25) is 0 Å². The van der Waals surface area contributed by atoms with Crippen molar-refractivity contribution in [3.05, 3.63) is 18.3 Å². The van der Waals surface area contributed by atoms with E-state index in [1.54, 1.807) is 25.4 Å². The SMILES string of the molecule is CCCOc1cc(OC)ccn1. The highest BCUT2D eigenvalue weighted by Gasteiger charge is 1.95. The van der Waals surface area contributed by atoms with Gasteiger partial charge in [0, 0.05) is 12.3 Å². The van der Waals surface area contributed by atoms with E-state index in [0.717, 1.165) is 12.2 Å². The smallest absolute Gasteiger partial charge is 0.216 e. The van der Waals surface area contributed by atoms with Crippen LogP contribution in [0.1, 0.15) is 13.3 Å². The topological polar surface area (TPSA) is 31.4 Å². The Labute approximate surface area is 72.3 Å². The van der Waals surface area contributed by atoms with Crippen molar-refractivity contribution in [1.29, 1.82) is 0 Å². The second-order valence-electron chi connectivity index (χ2n) is 2.38. The predicted octanol–water partition coefficient (Wildman–Crippen LogP) is 1.88. The second-order valence-corrected chi connectivity index (χ2v) is 2.38. The molecule has 0 amide bonds. The molecule has 0 bridgehead atoms. The number of aromatic nitrogens is 1. The molecule has 0 aliphatic rings. The highest BCUT2D eigenvalue weighted by molar-refractivity contribution is 5.25. The van der Waals surface area contributed by atoms with Crippen molar-refractivity contribution in [3.8, 4) is 11.6 Å². The molecule has 1 aromatic rings. The van der Waals surface area contributed by atoms with E-state index in [2.05, 4.69) is 11.9 Å². The predicted molar refractivity (Wildman–Crippen MR) is 46.6 cm³/mol. The van der Waals surface area contributed by atoms with E-state index in [1.165, 1.54) is 0 Å². The largest absolute Gasteiger partial charge is 0.497 e. The van der Waals surface area contributed by atoms with Crippen molar-refractivity contribution in [2.24, 2.45) is 0 Å². The Morgan fingerprint density at radius 3 is 3.00 bits per heavy atom. The van der Waals surface area contributed by atoms with Crippen molar-refractivity contribution in [2.45, 2.75) is 13.3 Å². The maximum absolute atomic E-state index is 5.31. The van der Waals surface area contributed by atoms with Gasteiger partial charge in [0.05, 0.1) is 13.7 Å². The number of hydrogen-bond donors (Lipinski definition) is 0. The van der Waals surface area contributed by atoms with Gasteiger partial charge in [0.2, 0.25) is 5.88 Å². The van der Waals surface area contributed by atoms with Crippen LogP contribution in [0.15, 0.2) is 18.3 Å². The summed E-state index contributed by atoms with van der Waals surface area (Å²) in [7, 11) is 1.62. The highest BCUT2D eigenvalue weighted by Crippen LogP contribution is 2.15. The first kappa shape index (κ1) is 8.84. The van der Waals surface area contributed by atoms with Crippen LogP contribution in [-0.4, -0.2) is 18.7 Å². The Hall–Kier alpha value is -1.25. The number of methoxy groups -OCH3 is 1. The molecule has 0 aliphatic heterocycles. The molecule has 0 N–H and O–H groups in total. The first-order valence-electron chi connectivity index (χ1n) is 3.99. The minimum absolute atomic E-state index is 0.621. The fraction of sp³-hybridized carbons (Fsp3) is 0.444. The van der Waals surface area contributed by atoms with E-state index < -0.39 is 0 Å². The number of ether oxygens (including phenoxy) is 2. The summed E-state index contributed by atoms with van der Waals surface area (Å²) in [6, 6.07) is 3.56. The van der Waals surface area contributed by atoms with Crippen LogP contribution >= 0.6 is 0 Å². The summed E-state index contributed by atoms with van der Waals surface area (Å²) in [5, 5.41) is 0. The molecule has 0 radical (unpaired) electrons.